The number of benzene rings is 2. The van der Waals surface area contributed by atoms with E-state index in [4.69, 9.17) is 17.3 Å². The Hall–Kier alpha value is -1.85. The summed E-state index contributed by atoms with van der Waals surface area (Å²) in [6.07, 6.45) is 0. The zero-order valence-corrected chi connectivity index (χ0v) is 12.3. The van der Waals surface area contributed by atoms with Crippen molar-refractivity contribution in [1.82, 2.24) is 0 Å². The van der Waals surface area contributed by atoms with Gasteiger partial charge in [0.15, 0.2) is 0 Å². The fraction of sp³-hybridized carbons (Fsp3) is 0.0714. The van der Waals surface area contributed by atoms with E-state index in [1.54, 1.807) is 36.4 Å². The normalized spacial score (nSPS) is 12.4. The van der Waals surface area contributed by atoms with Gasteiger partial charge in [-0.2, -0.15) is 8.42 Å². The summed E-state index contributed by atoms with van der Waals surface area (Å²) < 4.78 is 27.8. The van der Waals surface area contributed by atoms with Gasteiger partial charge in [0.25, 0.3) is 10.0 Å². The number of aryl methyl sites for hydroxylation is 1. The minimum Gasteiger partial charge on any atom is -0.383 e. The Labute approximate surface area is 123 Å². The summed E-state index contributed by atoms with van der Waals surface area (Å²) in [5.41, 5.74) is 7.20. The van der Waals surface area contributed by atoms with Crippen LogP contribution in [0.4, 0.5) is 0 Å². The third-order valence-corrected chi connectivity index (χ3v) is 4.23. The van der Waals surface area contributed by atoms with Crippen LogP contribution in [-0.4, -0.2) is 14.3 Å². The third kappa shape index (κ3) is 3.37. The van der Waals surface area contributed by atoms with Crippen molar-refractivity contribution >= 4 is 27.5 Å². The van der Waals surface area contributed by atoms with E-state index in [2.05, 4.69) is 4.40 Å². The molecule has 0 atom stereocenters. The standard InChI is InChI=1S/C14H13ClN2O2S/c1-10-2-8-13(9-3-10)20(18,19)17-14(16)11-4-6-12(15)7-5-11/h2-9H,1H3,(H2,16,17). The van der Waals surface area contributed by atoms with E-state index in [0.717, 1.165) is 5.56 Å². The number of rotatable bonds is 3. The Bertz CT molecular complexity index is 736. The minimum atomic E-state index is -3.80. The summed E-state index contributed by atoms with van der Waals surface area (Å²) >= 11 is 5.76. The van der Waals surface area contributed by atoms with Crippen molar-refractivity contribution in [2.75, 3.05) is 0 Å². The number of hydrogen-bond donors (Lipinski definition) is 1. The second-order valence-electron chi connectivity index (χ2n) is 4.27. The maximum atomic E-state index is 12.1. The van der Waals surface area contributed by atoms with Gasteiger partial charge in [-0.1, -0.05) is 29.3 Å². The Morgan fingerprint density at radius 2 is 1.60 bits per heavy atom. The molecule has 0 spiro atoms. The van der Waals surface area contributed by atoms with E-state index in [9.17, 15) is 8.42 Å². The first-order valence-electron chi connectivity index (χ1n) is 5.81. The average molecular weight is 309 g/mol. The van der Waals surface area contributed by atoms with Crippen molar-refractivity contribution in [2.24, 2.45) is 10.1 Å². The molecule has 2 N–H and O–H groups in total. The zero-order valence-electron chi connectivity index (χ0n) is 10.7. The zero-order chi connectivity index (χ0) is 14.8. The maximum absolute atomic E-state index is 12.1. The maximum Gasteiger partial charge on any atom is 0.284 e. The van der Waals surface area contributed by atoms with Crippen LogP contribution in [0.1, 0.15) is 11.1 Å². The van der Waals surface area contributed by atoms with Crippen molar-refractivity contribution in [3.05, 3.63) is 64.7 Å². The van der Waals surface area contributed by atoms with Gasteiger partial charge in [-0.25, -0.2) is 0 Å². The molecule has 6 heteroatoms. The smallest absolute Gasteiger partial charge is 0.284 e. The second kappa shape index (κ2) is 5.64. The summed E-state index contributed by atoms with van der Waals surface area (Å²) in [5.74, 6) is -0.0674. The van der Waals surface area contributed by atoms with E-state index in [0.29, 0.717) is 10.6 Å². The molecule has 2 aromatic carbocycles. The molecule has 0 amide bonds. The predicted octanol–water partition coefficient (Wildman–Crippen LogP) is 2.74. The molecule has 2 rings (SSSR count). The highest BCUT2D eigenvalue weighted by Crippen LogP contribution is 2.15. The molecule has 0 radical (unpaired) electrons. The Kier molecular flexibility index (Phi) is 4.11. The molecular weight excluding hydrogens is 296 g/mol. The van der Waals surface area contributed by atoms with Crippen molar-refractivity contribution in [1.29, 1.82) is 0 Å². The quantitative estimate of drug-likeness (QED) is 0.700. The van der Waals surface area contributed by atoms with E-state index in [1.807, 2.05) is 6.92 Å². The lowest BCUT2D eigenvalue weighted by Gasteiger charge is -2.03. The highest BCUT2D eigenvalue weighted by molar-refractivity contribution is 7.90. The third-order valence-electron chi connectivity index (χ3n) is 2.68. The van der Waals surface area contributed by atoms with Gasteiger partial charge >= 0.3 is 0 Å². The molecule has 0 aliphatic heterocycles. The lowest BCUT2D eigenvalue weighted by atomic mass is 10.2. The minimum absolute atomic E-state index is 0.0674. The predicted molar refractivity (Wildman–Crippen MR) is 80.5 cm³/mol. The molecule has 104 valence electrons. The van der Waals surface area contributed by atoms with E-state index >= 15 is 0 Å². The van der Waals surface area contributed by atoms with Crippen LogP contribution >= 0.6 is 11.6 Å². The van der Waals surface area contributed by atoms with Gasteiger partial charge in [-0.15, -0.1) is 4.40 Å². The number of hydrogen-bond acceptors (Lipinski definition) is 2. The largest absolute Gasteiger partial charge is 0.383 e. The summed E-state index contributed by atoms with van der Waals surface area (Å²) in [6, 6.07) is 12.9. The molecule has 0 saturated carbocycles. The number of amidine groups is 1. The Morgan fingerprint density at radius 3 is 2.15 bits per heavy atom. The van der Waals surface area contributed by atoms with E-state index in [-0.39, 0.29) is 10.7 Å². The first-order chi connectivity index (χ1) is 9.38. The van der Waals surface area contributed by atoms with Crippen molar-refractivity contribution in [2.45, 2.75) is 11.8 Å². The lowest BCUT2D eigenvalue weighted by molar-refractivity contribution is 0.598. The molecule has 0 aliphatic rings. The van der Waals surface area contributed by atoms with Gasteiger partial charge in [-0.05, 0) is 43.3 Å². The molecule has 0 fully saturated rings. The van der Waals surface area contributed by atoms with Crippen molar-refractivity contribution in [3.8, 4) is 0 Å². The summed E-state index contributed by atoms with van der Waals surface area (Å²) in [4.78, 5) is 0.111. The van der Waals surface area contributed by atoms with Crippen LogP contribution in [-0.2, 0) is 10.0 Å². The molecule has 0 aromatic heterocycles. The second-order valence-corrected chi connectivity index (χ2v) is 6.31. The van der Waals surface area contributed by atoms with Crippen LogP contribution in [0.2, 0.25) is 5.02 Å². The number of nitrogens with two attached hydrogens (primary N) is 1. The van der Waals surface area contributed by atoms with Gasteiger partial charge < -0.3 is 5.73 Å². The first-order valence-corrected chi connectivity index (χ1v) is 7.63. The van der Waals surface area contributed by atoms with Crippen LogP contribution in [0, 0.1) is 6.92 Å². The molecule has 0 heterocycles. The van der Waals surface area contributed by atoms with Crippen LogP contribution < -0.4 is 5.73 Å². The monoisotopic (exact) mass is 308 g/mol. The van der Waals surface area contributed by atoms with Crippen LogP contribution in [0.25, 0.3) is 0 Å². The molecule has 0 aliphatic carbocycles. The van der Waals surface area contributed by atoms with Gasteiger partial charge in [0.05, 0.1) is 4.90 Å². The van der Waals surface area contributed by atoms with Crippen LogP contribution in [0.3, 0.4) is 0 Å². The topological polar surface area (TPSA) is 72.5 Å². The summed E-state index contributed by atoms with van der Waals surface area (Å²) in [7, 11) is -3.80. The van der Waals surface area contributed by atoms with Crippen molar-refractivity contribution < 1.29 is 8.42 Å². The van der Waals surface area contributed by atoms with Crippen molar-refractivity contribution in [3.63, 3.8) is 0 Å². The van der Waals surface area contributed by atoms with E-state index in [1.165, 1.54) is 12.1 Å². The highest BCUT2D eigenvalue weighted by Gasteiger charge is 2.13. The molecule has 0 saturated heterocycles. The Balaban J connectivity index is 2.37. The summed E-state index contributed by atoms with van der Waals surface area (Å²) in [5, 5.41) is 0.544. The molecule has 0 unspecified atom stereocenters. The van der Waals surface area contributed by atoms with Crippen LogP contribution in [0.5, 0.6) is 0 Å². The molecule has 20 heavy (non-hydrogen) atoms. The number of sulfonamides is 1. The number of halogens is 1. The molecule has 2 aromatic rings. The highest BCUT2D eigenvalue weighted by atomic mass is 35.5. The average Bonchev–Trinajstić information content (AvgIpc) is 2.39. The van der Waals surface area contributed by atoms with Gasteiger partial charge in [0, 0.05) is 10.6 Å². The van der Waals surface area contributed by atoms with Gasteiger partial charge in [0.2, 0.25) is 0 Å². The van der Waals surface area contributed by atoms with Gasteiger partial charge in [-0.3, -0.25) is 0 Å². The molecular formula is C14H13ClN2O2S. The van der Waals surface area contributed by atoms with Gasteiger partial charge in [0.1, 0.15) is 5.84 Å². The van der Waals surface area contributed by atoms with E-state index < -0.39 is 10.0 Å². The molecule has 4 nitrogen and oxygen atoms in total. The fourth-order valence-electron chi connectivity index (χ4n) is 1.57. The Morgan fingerprint density at radius 1 is 1.05 bits per heavy atom. The SMILES string of the molecule is Cc1ccc(S(=O)(=O)/N=C(\N)c2ccc(Cl)cc2)cc1. The fourth-order valence-corrected chi connectivity index (χ4v) is 2.64. The molecule has 0 bridgehead atoms. The summed E-state index contributed by atoms with van der Waals surface area (Å²) in [6.45, 7) is 1.88. The van der Waals surface area contributed by atoms with Crippen LogP contribution in [0.15, 0.2) is 57.8 Å². The first kappa shape index (κ1) is 14.6. The number of nitrogens with zero attached hydrogens (tertiary/aromatic N) is 1. The lowest BCUT2D eigenvalue weighted by Crippen LogP contribution is -2.16.